The highest BCUT2D eigenvalue weighted by molar-refractivity contribution is 7.91. The first-order valence-corrected chi connectivity index (χ1v) is 16.7. The molecule has 232 valence electrons. The van der Waals surface area contributed by atoms with E-state index in [1.165, 1.54) is 0 Å². The van der Waals surface area contributed by atoms with Gasteiger partial charge in [0.1, 0.15) is 11.3 Å². The van der Waals surface area contributed by atoms with Gasteiger partial charge in [-0.15, -0.1) is 0 Å². The smallest absolute Gasteiger partial charge is 0.455 e. The minimum atomic E-state index is -3.92. The molecule has 4 aromatic rings. The highest BCUT2D eigenvalue weighted by atomic mass is 35.5. The SMILES string of the molecule is CNC(=O)c1c(-c2ccc(Cl)cc2)oc2cc(NS(=O)(=O)Cc3ccc(B4OC(C)(C)C(C)(C)O4)c(C#N)c3)c(C3CC3)cc12. The molecule has 2 aliphatic rings. The van der Waals surface area contributed by atoms with Gasteiger partial charge in [0.25, 0.3) is 5.91 Å². The number of amides is 1. The molecule has 1 amide bonds. The maximum Gasteiger partial charge on any atom is 0.496 e. The summed E-state index contributed by atoms with van der Waals surface area (Å²) in [5, 5.41) is 13.7. The van der Waals surface area contributed by atoms with Gasteiger partial charge in [0.15, 0.2) is 0 Å². The molecule has 12 heteroatoms. The van der Waals surface area contributed by atoms with Gasteiger partial charge in [0, 0.05) is 34.5 Å². The number of carbonyl (C=O) groups excluding carboxylic acids is 1. The maximum atomic E-state index is 13.5. The number of fused-ring (bicyclic) bond motifs is 1. The molecular formula is C33H33BClN3O6S. The number of benzene rings is 3. The predicted octanol–water partition coefficient (Wildman–Crippen LogP) is 6.10. The van der Waals surface area contributed by atoms with E-state index in [-0.39, 0.29) is 23.1 Å². The van der Waals surface area contributed by atoms with Gasteiger partial charge in [-0.1, -0.05) is 23.7 Å². The van der Waals surface area contributed by atoms with Crippen molar-refractivity contribution in [2.24, 2.45) is 0 Å². The first kappa shape index (κ1) is 31.2. The van der Waals surface area contributed by atoms with Crippen molar-refractivity contribution < 1.29 is 26.9 Å². The number of hydrogen-bond donors (Lipinski definition) is 2. The Hall–Kier alpha value is -3.82. The molecule has 1 aliphatic heterocycles. The van der Waals surface area contributed by atoms with Gasteiger partial charge in [0.05, 0.1) is 39.8 Å². The number of nitriles is 1. The second-order valence-electron chi connectivity index (χ2n) is 12.6. The van der Waals surface area contributed by atoms with E-state index in [1.54, 1.807) is 55.6 Å². The lowest BCUT2D eigenvalue weighted by molar-refractivity contribution is 0.00578. The van der Waals surface area contributed by atoms with Gasteiger partial charge in [-0.2, -0.15) is 5.26 Å². The normalized spacial score (nSPS) is 17.3. The van der Waals surface area contributed by atoms with Crippen LogP contribution in [0.4, 0.5) is 5.69 Å². The average Bonchev–Trinajstić information content (AvgIpc) is 3.71. The van der Waals surface area contributed by atoms with Crippen LogP contribution in [0.3, 0.4) is 0 Å². The summed E-state index contributed by atoms with van der Waals surface area (Å²) in [6, 6.07) is 17.6. The summed E-state index contributed by atoms with van der Waals surface area (Å²) in [5.74, 6) is -0.145. The van der Waals surface area contributed by atoms with Crippen LogP contribution in [-0.2, 0) is 25.1 Å². The molecule has 3 aromatic carbocycles. The Morgan fingerprint density at radius 2 is 1.71 bits per heavy atom. The highest BCUT2D eigenvalue weighted by Gasteiger charge is 2.52. The fourth-order valence-electron chi connectivity index (χ4n) is 5.52. The molecule has 1 saturated carbocycles. The van der Waals surface area contributed by atoms with Crippen molar-refractivity contribution >= 4 is 56.8 Å². The summed E-state index contributed by atoms with van der Waals surface area (Å²) in [5.41, 5.74) is 2.73. The Kier molecular flexibility index (Phi) is 7.77. The van der Waals surface area contributed by atoms with Gasteiger partial charge in [-0.3, -0.25) is 9.52 Å². The number of carbonyl (C=O) groups is 1. The molecule has 2 heterocycles. The van der Waals surface area contributed by atoms with E-state index in [2.05, 4.69) is 16.1 Å². The number of nitrogens with one attached hydrogen (secondary N) is 2. The van der Waals surface area contributed by atoms with Crippen LogP contribution < -0.4 is 15.5 Å². The summed E-state index contributed by atoms with van der Waals surface area (Å²) in [6.45, 7) is 7.72. The van der Waals surface area contributed by atoms with Crippen molar-refractivity contribution in [3.05, 3.63) is 81.9 Å². The van der Waals surface area contributed by atoms with E-state index in [4.69, 9.17) is 25.3 Å². The van der Waals surface area contributed by atoms with Crippen molar-refractivity contribution in [3.63, 3.8) is 0 Å². The zero-order valence-electron chi connectivity index (χ0n) is 25.7. The minimum Gasteiger partial charge on any atom is -0.455 e. The third-order valence-electron chi connectivity index (χ3n) is 8.81. The van der Waals surface area contributed by atoms with Crippen LogP contribution in [0.5, 0.6) is 0 Å². The quantitative estimate of drug-likeness (QED) is 0.221. The number of rotatable bonds is 8. The molecule has 2 fully saturated rings. The fourth-order valence-corrected chi connectivity index (χ4v) is 6.85. The van der Waals surface area contributed by atoms with E-state index in [0.717, 1.165) is 18.4 Å². The third-order valence-corrected chi connectivity index (χ3v) is 10.3. The van der Waals surface area contributed by atoms with Crippen LogP contribution in [0, 0.1) is 11.3 Å². The summed E-state index contributed by atoms with van der Waals surface area (Å²) in [4.78, 5) is 13.0. The van der Waals surface area contributed by atoms with E-state index >= 15 is 0 Å². The first-order chi connectivity index (χ1) is 21.2. The average molecular weight is 646 g/mol. The number of nitrogens with zero attached hydrogens (tertiary/aromatic N) is 1. The zero-order valence-corrected chi connectivity index (χ0v) is 27.2. The Bertz CT molecular complexity index is 1960. The van der Waals surface area contributed by atoms with Crippen molar-refractivity contribution in [2.75, 3.05) is 11.8 Å². The van der Waals surface area contributed by atoms with Gasteiger partial charge < -0.3 is 19.0 Å². The first-order valence-electron chi connectivity index (χ1n) is 14.7. The topological polar surface area (TPSA) is 131 Å². The third kappa shape index (κ3) is 5.96. The number of hydrogen-bond acceptors (Lipinski definition) is 7. The molecule has 1 aromatic heterocycles. The summed E-state index contributed by atoms with van der Waals surface area (Å²) < 4.78 is 48.3. The van der Waals surface area contributed by atoms with Gasteiger partial charge in [-0.25, -0.2) is 8.42 Å². The predicted molar refractivity (Wildman–Crippen MR) is 175 cm³/mol. The molecule has 1 saturated heterocycles. The molecule has 0 unspecified atom stereocenters. The van der Waals surface area contributed by atoms with Crippen molar-refractivity contribution in [3.8, 4) is 17.4 Å². The van der Waals surface area contributed by atoms with Crippen LogP contribution in [-0.4, -0.2) is 39.7 Å². The van der Waals surface area contributed by atoms with Crippen LogP contribution in [0.25, 0.3) is 22.3 Å². The molecule has 0 atom stereocenters. The Morgan fingerprint density at radius 3 is 2.31 bits per heavy atom. The number of halogens is 1. The second kappa shape index (κ2) is 11.2. The Labute approximate surface area is 268 Å². The molecular weight excluding hydrogens is 613 g/mol. The largest absolute Gasteiger partial charge is 0.496 e. The van der Waals surface area contributed by atoms with Crippen LogP contribution >= 0.6 is 11.6 Å². The summed E-state index contributed by atoms with van der Waals surface area (Å²) in [7, 11) is -3.11. The monoisotopic (exact) mass is 645 g/mol. The van der Waals surface area contributed by atoms with Crippen molar-refractivity contribution in [1.82, 2.24) is 5.32 Å². The van der Waals surface area contributed by atoms with E-state index < -0.39 is 28.3 Å². The Balaban J connectivity index is 1.32. The lowest BCUT2D eigenvalue weighted by Gasteiger charge is -2.32. The van der Waals surface area contributed by atoms with Crippen LogP contribution in [0.1, 0.15) is 73.5 Å². The van der Waals surface area contributed by atoms with E-state index in [0.29, 0.717) is 49.6 Å². The standard InChI is InChI=1S/C33H33BClN3O6S/c1-32(2)33(3,4)44-34(43-32)26-13-6-19(14-22(26)17-36)18-45(40,41)38-27-16-28-25(15-24(27)20-7-8-20)29(31(39)37-5)30(42-28)21-9-11-23(35)12-10-21/h6,9-16,20,38H,7-8,18H2,1-5H3,(H,37,39). The minimum absolute atomic E-state index is 0.155. The fraction of sp³-hybridized carbons (Fsp3) is 0.333. The maximum absolute atomic E-state index is 13.5. The zero-order chi connectivity index (χ0) is 32.3. The molecule has 0 bridgehead atoms. The van der Waals surface area contributed by atoms with E-state index in [9.17, 15) is 18.5 Å². The molecule has 2 N–H and O–H groups in total. The number of sulfonamides is 1. The second-order valence-corrected chi connectivity index (χ2v) is 14.7. The summed E-state index contributed by atoms with van der Waals surface area (Å²) in [6.07, 6.45) is 1.81. The van der Waals surface area contributed by atoms with Crippen LogP contribution in [0.2, 0.25) is 5.02 Å². The lowest BCUT2D eigenvalue weighted by Crippen LogP contribution is -2.41. The molecule has 9 nitrogen and oxygen atoms in total. The number of anilines is 1. The lowest BCUT2D eigenvalue weighted by atomic mass is 9.76. The molecule has 45 heavy (non-hydrogen) atoms. The number of furan rings is 1. The molecule has 6 rings (SSSR count). The van der Waals surface area contributed by atoms with Crippen molar-refractivity contribution in [1.29, 1.82) is 5.26 Å². The van der Waals surface area contributed by atoms with Crippen molar-refractivity contribution in [2.45, 2.75) is 63.4 Å². The highest BCUT2D eigenvalue weighted by Crippen LogP contribution is 2.47. The Morgan fingerprint density at radius 1 is 1.04 bits per heavy atom. The van der Waals surface area contributed by atoms with Gasteiger partial charge in [0.2, 0.25) is 10.0 Å². The molecule has 1 aliphatic carbocycles. The summed E-state index contributed by atoms with van der Waals surface area (Å²) >= 11 is 6.08. The van der Waals surface area contributed by atoms with Gasteiger partial charge >= 0.3 is 7.12 Å². The van der Waals surface area contributed by atoms with Crippen LogP contribution in [0.15, 0.2) is 59.0 Å². The van der Waals surface area contributed by atoms with Gasteiger partial charge in [-0.05, 0) is 94.0 Å². The van der Waals surface area contributed by atoms with E-state index in [1.807, 2.05) is 33.8 Å². The molecule has 0 spiro atoms. The molecule has 0 radical (unpaired) electrons.